The molecule has 0 spiro atoms. The van der Waals surface area contributed by atoms with Gasteiger partial charge in [0.05, 0.1) is 83.9 Å². The minimum atomic E-state index is -0.479. The molecular weight excluding hydrogens is 1540 g/mol. The van der Waals surface area contributed by atoms with Gasteiger partial charge in [0.1, 0.15) is 23.3 Å². The SMILES string of the molecule is CCN1CCN(c2ccc(C(=O)Nc3ccc(Cl)c(-c4ccccn4)c3)cn2)CC1.C[C@@H](O)CNc1ccc(C(=O)Nc2ccc(Cl)c(-c3ccccn3)c2)cn1.C[C@H](O)CNc1ccc(C(=O)Nc2ccc(Cl)c(-c3ccccn3)c2)cn1.O=C(Nc1ccc(Cl)c(-c2ccccn2)c1)c1ccc(N2CCN(CCO)CC2)nc1. The fourth-order valence-corrected chi connectivity index (χ4v) is 12.8. The lowest BCUT2D eigenvalue weighted by Crippen LogP contribution is -2.47. The van der Waals surface area contributed by atoms with E-state index in [4.69, 9.17) is 51.5 Å². The summed E-state index contributed by atoms with van der Waals surface area (Å²) < 4.78 is 0. The summed E-state index contributed by atoms with van der Waals surface area (Å²) in [5.41, 5.74) is 10.3. The number of pyridine rings is 8. The molecule has 14 rings (SSSR count). The smallest absolute Gasteiger partial charge is 0.257 e. The maximum Gasteiger partial charge on any atom is 0.257 e. The third-order valence-corrected chi connectivity index (χ3v) is 19.5. The molecule has 0 bridgehead atoms. The Labute approximate surface area is 686 Å². The normalized spacial score (nSPS) is 13.2. The molecule has 2 saturated heterocycles. The summed E-state index contributed by atoms with van der Waals surface area (Å²) in [6, 6.07) is 57.7. The lowest BCUT2D eigenvalue weighted by molar-refractivity contribution is 0.101. The predicted octanol–water partition coefficient (Wildman–Crippen LogP) is 15.0. The van der Waals surface area contributed by atoms with Crippen LogP contribution >= 0.6 is 46.4 Å². The van der Waals surface area contributed by atoms with Crippen LogP contribution in [-0.4, -0.2) is 186 Å². The van der Waals surface area contributed by atoms with Gasteiger partial charge in [-0.25, -0.2) is 19.9 Å². The van der Waals surface area contributed by atoms with Crippen molar-refractivity contribution < 1.29 is 34.5 Å². The van der Waals surface area contributed by atoms with Crippen molar-refractivity contribution >= 4 is 116 Å². The number of hydrogen-bond acceptors (Lipinski definition) is 21. The highest BCUT2D eigenvalue weighted by Gasteiger charge is 2.22. The number of amides is 4. The Bertz CT molecular complexity index is 4990. The third-order valence-electron chi connectivity index (χ3n) is 18.1. The standard InChI is InChI=1S/C23H24ClN5O2.C23H24ClN5O.2C20H19ClN4O2/c24-20-6-5-18(15-19(20)21-3-1-2-8-25-21)27-23(31)17-4-7-22(26-16-17)29-11-9-28(10-12-29)13-14-30;1-2-28-11-13-29(14-12-28)22-9-6-17(16-26-22)23(30)27-18-7-8-20(24)19(15-18)21-5-3-4-10-25-21;2*1-13(26)11-23-19-8-5-14(12-24-19)20(27)25-15-6-7-17(21)16(10-15)18-4-2-3-9-22-18/h1-8,15-16,30H,9-14H2,(H,27,31);3-10,15-16H,2,11-14H2,1H3,(H,27,30);2*2-10,12-13,26H,11H2,1H3,(H,23,24)(H,25,27)/t;;2*13-/m..10/s1. The molecule has 10 heterocycles. The highest BCUT2D eigenvalue weighted by Crippen LogP contribution is 2.34. The molecule has 4 amide bonds. The Kier molecular flexibility index (Phi) is 30.9. The molecule has 0 unspecified atom stereocenters. The zero-order valence-corrected chi connectivity index (χ0v) is 66.3. The van der Waals surface area contributed by atoms with E-state index in [1.807, 2.05) is 103 Å². The van der Waals surface area contributed by atoms with Crippen LogP contribution in [0.2, 0.25) is 20.1 Å². The predicted molar refractivity (Wildman–Crippen MR) is 458 cm³/mol. The van der Waals surface area contributed by atoms with Gasteiger partial charge in [-0.05, 0) is 190 Å². The van der Waals surface area contributed by atoms with Crippen LogP contribution in [0.3, 0.4) is 0 Å². The molecular formula is C86H86Cl4N18O7. The van der Waals surface area contributed by atoms with Gasteiger partial charge in [0.2, 0.25) is 0 Å². The van der Waals surface area contributed by atoms with Crippen LogP contribution in [0.15, 0.2) is 244 Å². The number of hydrogen-bond donors (Lipinski definition) is 9. The van der Waals surface area contributed by atoms with Crippen molar-refractivity contribution in [3.8, 4) is 45.0 Å². The third kappa shape index (κ3) is 24.8. The maximum absolute atomic E-state index is 12.7. The maximum atomic E-state index is 12.7. The Balaban J connectivity index is 0.000000151. The number of anilines is 8. The van der Waals surface area contributed by atoms with Gasteiger partial charge in [-0.3, -0.25) is 44.0 Å². The minimum Gasteiger partial charge on any atom is -0.395 e. The van der Waals surface area contributed by atoms with E-state index >= 15 is 0 Å². The number of rotatable bonds is 23. The highest BCUT2D eigenvalue weighted by atomic mass is 35.5. The van der Waals surface area contributed by atoms with Crippen LogP contribution in [0.5, 0.6) is 0 Å². The number of β-amino-alcohol motifs (C(OH)–C–C–N with tert-alkyl or cyclic N) is 1. The number of benzene rings is 4. The van der Waals surface area contributed by atoms with E-state index in [2.05, 4.69) is 98.3 Å². The average Bonchev–Trinajstić information content (AvgIpc) is 0.842. The fraction of sp³-hybridized carbons (Fsp3) is 0.209. The molecule has 0 saturated carbocycles. The molecule has 2 aliphatic heterocycles. The van der Waals surface area contributed by atoms with E-state index in [0.717, 1.165) is 116 Å². The fourth-order valence-electron chi connectivity index (χ4n) is 11.9. The number of likely N-dealkylation sites (N-methyl/N-ethyl adjacent to an activating group) is 1. The first kappa shape index (κ1) is 84.0. The molecule has 590 valence electrons. The molecule has 25 nitrogen and oxygen atoms in total. The van der Waals surface area contributed by atoms with Crippen molar-refractivity contribution in [2.75, 3.05) is 127 Å². The number of nitrogens with zero attached hydrogens (tertiary/aromatic N) is 12. The summed E-state index contributed by atoms with van der Waals surface area (Å²) in [6.45, 7) is 15.7. The van der Waals surface area contributed by atoms with Crippen LogP contribution in [0.1, 0.15) is 62.2 Å². The first-order valence-corrected chi connectivity index (χ1v) is 38.7. The molecule has 9 N–H and O–H groups in total. The number of piperazine rings is 2. The zero-order chi connectivity index (χ0) is 81.0. The van der Waals surface area contributed by atoms with Gasteiger partial charge in [-0.1, -0.05) is 77.6 Å². The lowest BCUT2D eigenvalue weighted by atomic mass is 10.1. The molecule has 0 aliphatic carbocycles. The number of aliphatic hydroxyl groups is 3. The number of halogens is 4. The van der Waals surface area contributed by atoms with E-state index in [1.54, 1.807) is 142 Å². The molecule has 8 aromatic heterocycles. The van der Waals surface area contributed by atoms with Gasteiger partial charge in [0, 0.05) is 167 Å². The summed E-state index contributed by atoms with van der Waals surface area (Å²) in [5, 5.41) is 47.3. The highest BCUT2D eigenvalue weighted by molar-refractivity contribution is 6.34. The second-order valence-corrected chi connectivity index (χ2v) is 28.2. The largest absolute Gasteiger partial charge is 0.395 e. The summed E-state index contributed by atoms with van der Waals surface area (Å²) in [7, 11) is 0. The van der Waals surface area contributed by atoms with Gasteiger partial charge < -0.3 is 61.9 Å². The molecule has 2 fully saturated rings. The van der Waals surface area contributed by atoms with E-state index in [-0.39, 0.29) is 30.2 Å². The molecule has 115 heavy (non-hydrogen) atoms. The summed E-state index contributed by atoms with van der Waals surface area (Å²) >= 11 is 25.2. The van der Waals surface area contributed by atoms with Gasteiger partial charge in [0.25, 0.3) is 23.6 Å². The quantitative estimate of drug-likeness (QED) is 0.0287. The van der Waals surface area contributed by atoms with Crippen molar-refractivity contribution in [1.29, 1.82) is 0 Å². The van der Waals surface area contributed by atoms with Crippen molar-refractivity contribution in [2.24, 2.45) is 0 Å². The monoisotopic (exact) mass is 1620 g/mol. The van der Waals surface area contributed by atoms with E-state index in [9.17, 15) is 29.4 Å². The number of carbonyl (C=O) groups excluding carboxylic acids is 4. The summed E-state index contributed by atoms with van der Waals surface area (Å²) in [6.07, 6.45) is 12.0. The second kappa shape index (κ2) is 42.3. The van der Waals surface area contributed by atoms with Crippen LogP contribution in [0.4, 0.5) is 46.0 Å². The zero-order valence-electron chi connectivity index (χ0n) is 63.3. The summed E-state index contributed by atoms with van der Waals surface area (Å²) in [4.78, 5) is 94.0. The van der Waals surface area contributed by atoms with Gasteiger partial charge >= 0.3 is 0 Å². The molecule has 29 heteroatoms. The summed E-state index contributed by atoms with van der Waals surface area (Å²) in [5.74, 6) is 1.95. The van der Waals surface area contributed by atoms with Crippen molar-refractivity contribution in [3.63, 3.8) is 0 Å². The molecule has 0 radical (unpaired) electrons. The van der Waals surface area contributed by atoms with Crippen molar-refractivity contribution in [1.82, 2.24) is 49.7 Å². The van der Waals surface area contributed by atoms with Gasteiger partial charge in [0.15, 0.2) is 0 Å². The Hall–Kier alpha value is -11.9. The van der Waals surface area contributed by atoms with E-state index < -0.39 is 12.2 Å². The topological polar surface area (TPSA) is 317 Å². The molecule has 4 aromatic carbocycles. The Morgan fingerprint density at radius 2 is 0.670 bits per heavy atom. The van der Waals surface area contributed by atoms with E-state index in [1.165, 1.54) is 12.4 Å². The minimum absolute atomic E-state index is 0.180. The van der Waals surface area contributed by atoms with Crippen molar-refractivity contribution in [2.45, 2.75) is 33.0 Å². The van der Waals surface area contributed by atoms with Crippen LogP contribution in [-0.2, 0) is 0 Å². The van der Waals surface area contributed by atoms with Crippen LogP contribution in [0.25, 0.3) is 45.0 Å². The number of carbonyl (C=O) groups is 4. The number of aromatic nitrogens is 8. The molecule has 12 aromatic rings. The first-order chi connectivity index (χ1) is 55.8. The second-order valence-electron chi connectivity index (χ2n) is 26.6. The molecule has 2 atom stereocenters. The first-order valence-electron chi connectivity index (χ1n) is 37.2. The van der Waals surface area contributed by atoms with Crippen LogP contribution in [0, 0.1) is 0 Å². The number of nitrogens with one attached hydrogen (secondary N) is 6. The van der Waals surface area contributed by atoms with Crippen LogP contribution < -0.4 is 41.7 Å². The van der Waals surface area contributed by atoms with E-state index in [0.29, 0.717) is 96.4 Å². The lowest BCUT2D eigenvalue weighted by Gasteiger charge is -2.35. The molecule has 2 aliphatic rings. The Morgan fingerprint density at radius 1 is 0.374 bits per heavy atom. The Morgan fingerprint density at radius 3 is 0.913 bits per heavy atom. The average molecular weight is 1630 g/mol. The van der Waals surface area contributed by atoms with Crippen molar-refractivity contribution in [3.05, 3.63) is 286 Å². The van der Waals surface area contributed by atoms with Gasteiger partial charge in [-0.2, -0.15) is 0 Å². The van der Waals surface area contributed by atoms with Gasteiger partial charge in [-0.15, -0.1) is 0 Å². The number of aliphatic hydroxyl groups excluding tert-OH is 3.